The van der Waals surface area contributed by atoms with Crippen LogP contribution >= 0.6 is 0 Å². The van der Waals surface area contributed by atoms with Gasteiger partial charge in [0.1, 0.15) is 17.5 Å². The number of nitriles is 1. The number of alkyl halides is 3. The number of hydrogen-bond donors (Lipinski definition) is 0. The summed E-state index contributed by atoms with van der Waals surface area (Å²) >= 11 is 0. The van der Waals surface area contributed by atoms with Crippen molar-refractivity contribution in [2.75, 3.05) is 0 Å². The highest BCUT2D eigenvalue weighted by Gasteiger charge is 2.32. The minimum atomic E-state index is -4.61. The molecule has 0 unspecified atom stereocenters. The van der Waals surface area contributed by atoms with E-state index in [4.69, 9.17) is 4.74 Å². The maximum absolute atomic E-state index is 12.7. The Balaban J connectivity index is 2.00. The van der Waals surface area contributed by atoms with E-state index in [1.165, 1.54) is 19.3 Å². The molecule has 3 aromatic rings. The van der Waals surface area contributed by atoms with Crippen LogP contribution in [0.2, 0.25) is 0 Å². The van der Waals surface area contributed by atoms with Crippen LogP contribution in [-0.2, 0) is 0 Å². The van der Waals surface area contributed by atoms with Crippen LogP contribution in [0.5, 0.6) is 5.88 Å². The van der Waals surface area contributed by atoms with E-state index in [9.17, 15) is 18.4 Å². The average Bonchev–Trinajstić information content (AvgIpc) is 3.11. The lowest BCUT2D eigenvalue weighted by Gasteiger charge is -2.11. The monoisotopic (exact) mass is 397 g/mol. The van der Waals surface area contributed by atoms with Gasteiger partial charge in [-0.05, 0) is 50.1 Å². The Hall–Kier alpha value is -3.93. The third kappa shape index (κ3) is 4.16. The highest BCUT2D eigenvalue weighted by atomic mass is 19.4. The summed E-state index contributed by atoms with van der Waals surface area (Å²) in [7, 11) is 0. The molecule has 0 aliphatic heterocycles. The first-order chi connectivity index (χ1) is 13.8. The molecule has 3 heterocycles. The van der Waals surface area contributed by atoms with Gasteiger partial charge in [-0.1, -0.05) is 6.07 Å². The second kappa shape index (κ2) is 7.98. The molecule has 0 saturated carbocycles. The van der Waals surface area contributed by atoms with Gasteiger partial charge in [0, 0.05) is 6.20 Å². The lowest BCUT2D eigenvalue weighted by atomic mass is 10.1. The molecule has 146 valence electrons. The fourth-order valence-electron chi connectivity index (χ4n) is 2.59. The fraction of sp³-hybridized carbons (Fsp3) is 0.100. The van der Waals surface area contributed by atoms with Crippen LogP contribution in [0.25, 0.3) is 16.8 Å². The summed E-state index contributed by atoms with van der Waals surface area (Å²) in [4.78, 5) is 7.16. The summed E-state index contributed by atoms with van der Waals surface area (Å²) < 4.78 is 45.5. The van der Waals surface area contributed by atoms with Crippen molar-refractivity contribution in [2.45, 2.75) is 13.1 Å². The standard InChI is InChI=1S/C20H14F3N5O/c1-13(8-9-18(25-2)20(21,22)23)29-19-15(5-4-10-26-19)17-7-3-6-16-14(11-24)12-27-28(16)17/h3-10,12H,2H2,1H3/b13-8+,18-9-. The van der Waals surface area contributed by atoms with Crippen LogP contribution in [0.4, 0.5) is 13.2 Å². The first-order valence-electron chi connectivity index (χ1n) is 8.27. The maximum atomic E-state index is 12.7. The highest BCUT2D eigenvalue weighted by Crippen LogP contribution is 2.30. The molecule has 0 fully saturated rings. The number of aliphatic imine (C=N–C) groups is 1. The van der Waals surface area contributed by atoms with Crippen molar-refractivity contribution >= 4 is 12.2 Å². The molecule has 0 N–H and O–H groups in total. The second-order valence-corrected chi connectivity index (χ2v) is 5.82. The number of aromatic nitrogens is 3. The van der Waals surface area contributed by atoms with E-state index < -0.39 is 11.9 Å². The molecule has 0 amide bonds. The molecule has 3 rings (SSSR count). The zero-order chi connectivity index (χ0) is 21.0. The number of nitrogens with zero attached hydrogens (tertiary/aromatic N) is 5. The molecular weight excluding hydrogens is 383 g/mol. The van der Waals surface area contributed by atoms with Crippen molar-refractivity contribution in [3.05, 3.63) is 71.9 Å². The number of allylic oxidation sites excluding steroid dienone is 4. The van der Waals surface area contributed by atoms with Gasteiger partial charge >= 0.3 is 6.18 Å². The highest BCUT2D eigenvalue weighted by molar-refractivity contribution is 5.71. The molecule has 6 nitrogen and oxygen atoms in total. The average molecular weight is 397 g/mol. The molecule has 0 saturated heterocycles. The topological polar surface area (TPSA) is 75.6 Å². The van der Waals surface area contributed by atoms with Gasteiger partial charge in [0.25, 0.3) is 0 Å². The Bertz CT molecular complexity index is 1170. The van der Waals surface area contributed by atoms with Crippen LogP contribution < -0.4 is 4.74 Å². The Morgan fingerprint density at radius 2 is 2.07 bits per heavy atom. The Morgan fingerprint density at radius 1 is 1.28 bits per heavy atom. The molecule has 0 radical (unpaired) electrons. The summed E-state index contributed by atoms with van der Waals surface area (Å²) in [5.74, 6) is 0.344. The quantitative estimate of drug-likeness (QED) is 0.355. The summed E-state index contributed by atoms with van der Waals surface area (Å²) in [6.45, 7) is 4.42. The maximum Gasteiger partial charge on any atom is 0.433 e. The minimum Gasteiger partial charge on any atom is -0.443 e. The first kappa shape index (κ1) is 19.8. The predicted octanol–water partition coefficient (Wildman–Crippen LogP) is 4.70. The van der Waals surface area contributed by atoms with Gasteiger partial charge in [0.2, 0.25) is 5.88 Å². The van der Waals surface area contributed by atoms with E-state index in [1.807, 2.05) is 0 Å². The molecular formula is C20H14F3N5O. The molecule has 0 atom stereocenters. The van der Waals surface area contributed by atoms with Crippen molar-refractivity contribution in [3.8, 4) is 23.2 Å². The number of hydrogen-bond acceptors (Lipinski definition) is 5. The van der Waals surface area contributed by atoms with Crippen LogP contribution in [0, 0.1) is 11.3 Å². The molecule has 9 heteroatoms. The van der Waals surface area contributed by atoms with E-state index >= 15 is 0 Å². The predicted molar refractivity (Wildman–Crippen MR) is 101 cm³/mol. The van der Waals surface area contributed by atoms with Gasteiger partial charge in [-0.2, -0.15) is 23.5 Å². The molecule has 0 aromatic carbocycles. The van der Waals surface area contributed by atoms with E-state index in [-0.39, 0.29) is 11.6 Å². The first-order valence-corrected chi connectivity index (χ1v) is 8.27. The van der Waals surface area contributed by atoms with Crippen LogP contribution in [-0.4, -0.2) is 27.5 Å². The summed E-state index contributed by atoms with van der Waals surface area (Å²) in [6.07, 6.45) is 0.254. The van der Waals surface area contributed by atoms with E-state index in [0.717, 1.165) is 12.2 Å². The molecule has 0 bridgehead atoms. The summed E-state index contributed by atoms with van der Waals surface area (Å²) in [5.41, 5.74) is 1.06. The number of pyridine rings is 2. The molecule has 0 spiro atoms. The lowest BCUT2D eigenvalue weighted by Crippen LogP contribution is -2.09. The van der Waals surface area contributed by atoms with Crippen molar-refractivity contribution in [1.82, 2.24) is 14.6 Å². The zero-order valence-corrected chi connectivity index (χ0v) is 15.2. The van der Waals surface area contributed by atoms with E-state index in [2.05, 4.69) is 27.9 Å². The van der Waals surface area contributed by atoms with Gasteiger partial charge in [-0.3, -0.25) is 4.99 Å². The Labute approximate surface area is 163 Å². The molecule has 3 aromatic heterocycles. The van der Waals surface area contributed by atoms with Crippen LogP contribution in [0.3, 0.4) is 0 Å². The smallest absolute Gasteiger partial charge is 0.433 e. The Kier molecular flexibility index (Phi) is 5.45. The van der Waals surface area contributed by atoms with Gasteiger partial charge in [0.15, 0.2) is 0 Å². The number of halogens is 3. The number of rotatable bonds is 5. The minimum absolute atomic E-state index is 0.167. The third-order valence-corrected chi connectivity index (χ3v) is 3.90. The third-order valence-electron chi connectivity index (χ3n) is 3.90. The fourth-order valence-corrected chi connectivity index (χ4v) is 2.59. The SMILES string of the molecule is C=N/C(=C\C=C(/C)Oc1ncccc1-c1cccc2c(C#N)cnn12)C(F)(F)F. The van der Waals surface area contributed by atoms with Crippen molar-refractivity contribution < 1.29 is 17.9 Å². The van der Waals surface area contributed by atoms with Gasteiger partial charge in [-0.25, -0.2) is 9.50 Å². The number of fused-ring (bicyclic) bond motifs is 1. The largest absolute Gasteiger partial charge is 0.443 e. The molecule has 0 aliphatic rings. The summed E-state index contributed by atoms with van der Waals surface area (Å²) in [6, 6.07) is 10.8. The Morgan fingerprint density at radius 3 is 2.76 bits per heavy atom. The van der Waals surface area contributed by atoms with Crippen molar-refractivity contribution in [2.24, 2.45) is 4.99 Å². The van der Waals surface area contributed by atoms with Gasteiger partial charge < -0.3 is 4.74 Å². The zero-order valence-electron chi connectivity index (χ0n) is 15.2. The van der Waals surface area contributed by atoms with E-state index in [0.29, 0.717) is 22.3 Å². The van der Waals surface area contributed by atoms with Crippen LogP contribution in [0.15, 0.2) is 71.3 Å². The second-order valence-electron chi connectivity index (χ2n) is 5.82. The van der Waals surface area contributed by atoms with Gasteiger partial charge in [0.05, 0.1) is 28.5 Å². The lowest BCUT2D eigenvalue weighted by molar-refractivity contribution is -0.0922. The normalized spacial score (nSPS) is 12.7. The molecule has 29 heavy (non-hydrogen) atoms. The van der Waals surface area contributed by atoms with Crippen LogP contribution in [0.1, 0.15) is 12.5 Å². The van der Waals surface area contributed by atoms with Crippen molar-refractivity contribution in [1.29, 1.82) is 5.26 Å². The van der Waals surface area contributed by atoms with E-state index in [1.54, 1.807) is 34.8 Å². The van der Waals surface area contributed by atoms with Crippen molar-refractivity contribution in [3.63, 3.8) is 0 Å². The molecule has 0 aliphatic carbocycles. The number of ether oxygens (including phenoxy) is 1. The van der Waals surface area contributed by atoms with Gasteiger partial charge in [-0.15, -0.1) is 0 Å². The summed E-state index contributed by atoms with van der Waals surface area (Å²) in [5, 5.41) is 13.4.